The van der Waals surface area contributed by atoms with Gasteiger partial charge in [-0.05, 0) is 22.4 Å². The fraction of sp³-hybridized carbons (Fsp3) is 0.600. The summed E-state index contributed by atoms with van der Waals surface area (Å²) in [6.07, 6.45) is 8.22. The normalized spacial score (nSPS) is 10.1. The van der Waals surface area contributed by atoms with Crippen molar-refractivity contribution in [2.45, 2.75) is 32.6 Å². The van der Waals surface area contributed by atoms with Crippen LogP contribution in [0.25, 0.3) is 0 Å². The van der Waals surface area contributed by atoms with E-state index in [2.05, 4.69) is 32.8 Å². The van der Waals surface area contributed by atoms with Crippen LogP contribution < -0.4 is 4.74 Å². The third-order valence-corrected chi connectivity index (χ3v) is 2.27. The molecule has 0 radical (unpaired) electrons. The first kappa shape index (κ1) is 11.4. The maximum absolute atomic E-state index is 5.46. The van der Waals surface area contributed by atoms with Crippen LogP contribution in [-0.2, 0) is 0 Å². The van der Waals surface area contributed by atoms with Gasteiger partial charge < -0.3 is 4.74 Å². The van der Waals surface area contributed by atoms with Gasteiger partial charge >= 0.3 is 0 Å². The highest BCUT2D eigenvalue weighted by Gasteiger charge is 1.95. The van der Waals surface area contributed by atoms with Crippen molar-refractivity contribution in [2.24, 2.45) is 0 Å². The number of hydrogen-bond donors (Lipinski definition) is 0. The molecule has 78 valence electrons. The maximum atomic E-state index is 5.46. The summed E-state index contributed by atoms with van der Waals surface area (Å²) in [6, 6.07) is 0. The molecule has 0 N–H and O–H groups in total. The van der Waals surface area contributed by atoms with Crippen molar-refractivity contribution >= 4 is 15.9 Å². The van der Waals surface area contributed by atoms with Gasteiger partial charge in [-0.15, -0.1) is 0 Å². The first-order chi connectivity index (χ1) is 6.83. The van der Waals surface area contributed by atoms with E-state index in [0.717, 1.165) is 18.8 Å². The highest BCUT2D eigenvalue weighted by Crippen LogP contribution is 2.10. The lowest BCUT2D eigenvalue weighted by atomic mass is 10.2. The van der Waals surface area contributed by atoms with E-state index in [-0.39, 0.29) is 0 Å². The summed E-state index contributed by atoms with van der Waals surface area (Å²) in [7, 11) is 0. The van der Waals surface area contributed by atoms with E-state index in [1.807, 2.05) is 0 Å². The zero-order chi connectivity index (χ0) is 10.2. The lowest BCUT2D eigenvalue weighted by Gasteiger charge is -2.04. The first-order valence-corrected chi connectivity index (χ1v) is 5.72. The molecule has 0 amide bonds. The molecular formula is C10H15BrN2O. The molecule has 1 aromatic heterocycles. The molecule has 3 nitrogen and oxygen atoms in total. The molecule has 0 unspecified atom stereocenters. The van der Waals surface area contributed by atoms with Crippen molar-refractivity contribution in [2.75, 3.05) is 6.61 Å². The number of unbranched alkanes of at least 4 members (excludes halogenated alkanes) is 3. The van der Waals surface area contributed by atoms with Crippen molar-refractivity contribution in [3.8, 4) is 5.75 Å². The molecule has 0 aromatic carbocycles. The van der Waals surface area contributed by atoms with Gasteiger partial charge in [0.1, 0.15) is 0 Å². The van der Waals surface area contributed by atoms with Crippen LogP contribution in [0.4, 0.5) is 0 Å². The number of halogens is 1. The van der Waals surface area contributed by atoms with Crippen LogP contribution in [0.3, 0.4) is 0 Å². The minimum absolute atomic E-state index is 0.593. The molecule has 1 aromatic rings. The van der Waals surface area contributed by atoms with Gasteiger partial charge in [-0.3, -0.25) is 0 Å². The Kier molecular flexibility index (Phi) is 5.52. The van der Waals surface area contributed by atoms with Crippen molar-refractivity contribution in [3.63, 3.8) is 0 Å². The van der Waals surface area contributed by atoms with Crippen LogP contribution in [0, 0.1) is 0 Å². The van der Waals surface area contributed by atoms with Crippen LogP contribution in [0.2, 0.25) is 0 Å². The van der Waals surface area contributed by atoms with Crippen LogP contribution in [0.5, 0.6) is 5.75 Å². The summed E-state index contributed by atoms with van der Waals surface area (Å²) in [5, 5.41) is 0. The average molecular weight is 259 g/mol. The van der Waals surface area contributed by atoms with E-state index in [1.54, 1.807) is 12.4 Å². The molecule has 0 saturated carbocycles. The molecule has 0 fully saturated rings. The van der Waals surface area contributed by atoms with Gasteiger partial charge in [0, 0.05) is 0 Å². The molecule has 1 rings (SSSR count). The third-order valence-electron chi connectivity index (χ3n) is 1.86. The largest absolute Gasteiger partial charge is 0.490 e. The molecule has 14 heavy (non-hydrogen) atoms. The van der Waals surface area contributed by atoms with E-state index in [4.69, 9.17) is 4.74 Å². The summed E-state index contributed by atoms with van der Waals surface area (Å²) in [6.45, 7) is 2.95. The van der Waals surface area contributed by atoms with Gasteiger partial charge in [0.2, 0.25) is 0 Å². The van der Waals surface area contributed by atoms with Crippen LogP contribution in [-0.4, -0.2) is 16.6 Å². The average Bonchev–Trinajstić information content (AvgIpc) is 2.21. The minimum atomic E-state index is 0.593. The Labute approximate surface area is 93.0 Å². The van der Waals surface area contributed by atoms with Gasteiger partial charge in [-0.2, -0.15) is 0 Å². The van der Waals surface area contributed by atoms with E-state index in [1.165, 1.54) is 19.3 Å². The van der Waals surface area contributed by atoms with Gasteiger partial charge in [0.15, 0.2) is 10.5 Å². The van der Waals surface area contributed by atoms with Crippen molar-refractivity contribution in [3.05, 3.63) is 17.1 Å². The van der Waals surface area contributed by atoms with Gasteiger partial charge in [0.25, 0.3) is 0 Å². The molecule has 0 atom stereocenters. The molecule has 0 aliphatic rings. The second kappa shape index (κ2) is 6.76. The summed E-state index contributed by atoms with van der Waals surface area (Å²) in [5.41, 5.74) is 0. The van der Waals surface area contributed by atoms with Gasteiger partial charge in [-0.25, -0.2) is 9.97 Å². The summed E-state index contributed by atoms with van der Waals surface area (Å²) in [5.74, 6) is 0.740. The Bertz CT molecular complexity index is 251. The fourth-order valence-corrected chi connectivity index (χ4v) is 1.30. The van der Waals surface area contributed by atoms with E-state index in [0.29, 0.717) is 4.73 Å². The predicted octanol–water partition coefficient (Wildman–Crippen LogP) is 3.20. The van der Waals surface area contributed by atoms with Crippen molar-refractivity contribution in [1.82, 2.24) is 9.97 Å². The number of hydrogen-bond acceptors (Lipinski definition) is 3. The number of rotatable bonds is 6. The quantitative estimate of drug-likeness (QED) is 0.581. The monoisotopic (exact) mass is 258 g/mol. The summed E-state index contributed by atoms with van der Waals surface area (Å²) < 4.78 is 6.06. The summed E-state index contributed by atoms with van der Waals surface area (Å²) >= 11 is 3.17. The van der Waals surface area contributed by atoms with Gasteiger partial charge in [0.05, 0.1) is 19.0 Å². The molecule has 0 aliphatic heterocycles. The lowest BCUT2D eigenvalue weighted by Crippen LogP contribution is -1.98. The number of aromatic nitrogens is 2. The first-order valence-electron chi connectivity index (χ1n) is 4.93. The van der Waals surface area contributed by atoms with Gasteiger partial charge in [-0.1, -0.05) is 26.2 Å². The van der Waals surface area contributed by atoms with Crippen LogP contribution in [0.1, 0.15) is 32.6 Å². The SMILES string of the molecule is CCCCCCOc1cnc(Br)nc1. The Balaban J connectivity index is 2.15. The fourth-order valence-electron chi connectivity index (χ4n) is 1.09. The molecular weight excluding hydrogens is 244 g/mol. The van der Waals surface area contributed by atoms with E-state index >= 15 is 0 Å². The standard InChI is InChI=1S/C10H15BrN2O/c1-2-3-4-5-6-14-9-7-12-10(11)13-8-9/h7-8H,2-6H2,1H3. The topological polar surface area (TPSA) is 35.0 Å². The zero-order valence-corrected chi connectivity index (χ0v) is 9.96. The van der Waals surface area contributed by atoms with Crippen LogP contribution >= 0.6 is 15.9 Å². The Morgan fingerprint density at radius 3 is 2.57 bits per heavy atom. The predicted molar refractivity (Wildman–Crippen MR) is 59.4 cm³/mol. The van der Waals surface area contributed by atoms with Crippen molar-refractivity contribution in [1.29, 1.82) is 0 Å². The number of ether oxygens (including phenoxy) is 1. The molecule has 4 heteroatoms. The van der Waals surface area contributed by atoms with E-state index < -0.39 is 0 Å². The number of nitrogens with zero attached hydrogens (tertiary/aromatic N) is 2. The van der Waals surface area contributed by atoms with E-state index in [9.17, 15) is 0 Å². The Morgan fingerprint density at radius 2 is 1.93 bits per heavy atom. The second-order valence-corrected chi connectivity index (χ2v) is 3.81. The Morgan fingerprint density at radius 1 is 1.21 bits per heavy atom. The minimum Gasteiger partial charge on any atom is -0.490 e. The highest BCUT2D eigenvalue weighted by atomic mass is 79.9. The highest BCUT2D eigenvalue weighted by molar-refractivity contribution is 9.10. The Hall–Kier alpha value is -0.640. The molecule has 0 bridgehead atoms. The zero-order valence-electron chi connectivity index (χ0n) is 8.37. The molecule has 1 heterocycles. The second-order valence-electron chi connectivity index (χ2n) is 3.10. The van der Waals surface area contributed by atoms with Crippen molar-refractivity contribution < 1.29 is 4.74 Å². The molecule has 0 aliphatic carbocycles. The maximum Gasteiger partial charge on any atom is 0.196 e. The lowest BCUT2D eigenvalue weighted by molar-refractivity contribution is 0.302. The smallest absolute Gasteiger partial charge is 0.196 e. The molecule has 0 spiro atoms. The third kappa shape index (κ3) is 4.56. The van der Waals surface area contributed by atoms with Crippen LogP contribution in [0.15, 0.2) is 17.1 Å². The summed E-state index contributed by atoms with van der Waals surface area (Å²) in [4.78, 5) is 7.95. The molecule has 0 saturated heterocycles.